The van der Waals surface area contributed by atoms with Gasteiger partial charge in [0.2, 0.25) is 10.0 Å². The minimum Gasteiger partial charge on any atom is -0.486 e. The molecule has 1 atom stereocenters. The second kappa shape index (κ2) is 7.06. The van der Waals surface area contributed by atoms with Gasteiger partial charge in [-0.15, -0.1) is 0 Å². The van der Waals surface area contributed by atoms with E-state index < -0.39 is 22.0 Å². The van der Waals surface area contributed by atoms with Crippen molar-refractivity contribution in [3.8, 4) is 17.2 Å². The van der Waals surface area contributed by atoms with Gasteiger partial charge in [0, 0.05) is 16.8 Å². The van der Waals surface area contributed by atoms with E-state index in [4.69, 9.17) is 25.8 Å². The number of halogens is 1. The van der Waals surface area contributed by atoms with Crippen molar-refractivity contribution in [3.63, 3.8) is 0 Å². The minimum atomic E-state index is -3.63. The van der Waals surface area contributed by atoms with Gasteiger partial charge >= 0.3 is 0 Å². The lowest BCUT2D eigenvalue weighted by Gasteiger charge is -2.34. The fourth-order valence-corrected chi connectivity index (χ4v) is 4.09. The van der Waals surface area contributed by atoms with E-state index in [-0.39, 0.29) is 12.3 Å². The molecule has 4 rings (SSSR count). The lowest BCUT2D eigenvalue weighted by molar-refractivity contribution is -0.122. The third-order valence-electron chi connectivity index (χ3n) is 4.29. The van der Waals surface area contributed by atoms with Crippen LogP contribution in [0.3, 0.4) is 0 Å². The summed E-state index contributed by atoms with van der Waals surface area (Å²) in [6, 6.07) is 9.63. The van der Waals surface area contributed by atoms with Crippen molar-refractivity contribution in [1.82, 2.24) is 0 Å². The molecule has 0 aromatic heterocycles. The van der Waals surface area contributed by atoms with E-state index in [1.165, 1.54) is 6.07 Å². The second-order valence-electron chi connectivity index (χ2n) is 6.36. The molecule has 2 aromatic rings. The fraction of sp³-hybridized carbons (Fsp3) is 0.278. The summed E-state index contributed by atoms with van der Waals surface area (Å²) in [5.41, 5.74) is 0.795. The van der Waals surface area contributed by atoms with Crippen LogP contribution < -0.4 is 23.8 Å². The molecule has 2 aliphatic heterocycles. The number of rotatable bonds is 3. The maximum Gasteiger partial charge on any atom is 0.267 e. The van der Waals surface area contributed by atoms with Gasteiger partial charge in [-0.25, -0.2) is 8.42 Å². The van der Waals surface area contributed by atoms with Crippen molar-refractivity contribution in [2.24, 2.45) is 0 Å². The molecule has 0 spiro atoms. The molecular weight excluding hydrogens is 408 g/mol. The van der Waals surface area contributed by atoms with Crippen molar-refractivity contribution in [1.29, 1.82) is 0 Å². The first-order valence-electron chi connectivity index (χ1n) is 8.46. The number of ether oxygens (including phenoxy) is 3. The van der Waals surface area contributed by atoms with Crippen LogP contribution >= 0.6 is 11.6 Å². The van der Waals surface area contributed by atoms with Gasteiger partial charge in [-0.05, 0) is 30.3 Å². The molecule has 2 heterocycles. The van der Waals surface area contributed by atoms with E-state index in [9.17, 15) is 13.2 Å². The quantitative estimate of drug-likeness (QED) is 0.812. The Bertz CT molecular complexity index is 1040. The van der Waals surface area contributed by atoms with Crippen LogP contribution in [-0.2, 0) is 14.8 Å². The summed E-state index contributed by atoms with van der Waals surface area (Å²) < 4.78 is 42.2. The molecule has 0 aliphatic carbocycles. The molecular formula is C18H17ClN2O6S. The number of amides is 1. The highest BCUT2D eigenvalue weighted by Gasteiger charge is 2.35. The van der Waals surface area contributed by atoms with Gasteiger partial charge in [0.25, 0.3) is 5.91 Å². The SMILES string of the molecule is CS(=O)(=O)N1C[C@@H](C(=O)Nc2ccc3c(c2)OCCO3)Oc2ccc(Cl)cc21. The normalized spacial score (nSPS) is 18.1. The molecule has 0 unspecified atom stereocenters. The Labute approximate surface area is 167 Å². The van der Waals surface area contributed by atoms with Crippen LogP contribution in [0.1, 0.15) is 0 Å². The number of sulfonamides is 1. The first-order chi connectivity index (χ1) is 13.3. The molecule has 8 nitrogen and oxygen atoms in total. The number of nitrogens with zero attached hydrogens (tertiary/aromatic N) is 1. The molecule has 148 valence electrons. The average Bonchev–Trinajstić information content (AvgIpc) is 2.66. The predicted octanol–water partition coefficient (Wildman–Crippen LogP) is 2.28. The number of anilines is 2. The fourth-order valence-electron chi connectivity index (χ4n) is 3.02. The van der Waals surface area contributed by atoms with Gasteiger partial charge in [0.15, 0.2) is 17.6 Å². The number of nitrogens with one attached hydrogen (secondary N) is 1. The van der Waals surface area contributed by atoms with E-state index in [0.717, 1.165) is 10.6 Å². The summed E-state index contributed by atoms with van der Waals surface area (Å²) >= 11 is 5.98. The smallest absolute Gasteiger partial charge is 0.267 e. The maximum absolute atomic E-state index is 12.7. The Kier molecular flexibility index (Phi) is 4.72. The molecule has 2 aromatic carbocycles. The van der Waals surface area contributed by atoms with Crippen LogP contribution in [0.15, 0.2) is 36.4 Å². The number of benzene rings is 2. The van der Waals surface area contributed by atoms with Crippen molar-refractivity contribution in [2.45, 2.75) is 6.10 Å². The van der Waals surface area contributed by atoms with E-state index in [0.29, 0.717) is 41.1 Å². The second-order valence-corrected chi connectivity index (χ2v) is 8.70. The average molecular weight is 425 g/mol. The topological polar surface area (TPSA) is 94.2 Å². The number of carbonyl (C=O) groups is 1. The van der Waals surface area contributed by atoms with Gasteiger partial charge in [0.05, 0.1) is 18.5 Å². The number of fused-ring (bicyclic) bond motifs is 2. The Morgan fingerprint density at radius 2 is 1.82 bits per heavy atom. The van der Waals surface area contributed by atoms with E-state index in [1.807, 2.05) is 0 Å². The molecule has 0 fully saturated rings. The molecule has 0 saturated heterocycles. The van der Waals surface area contributed by atoms with Crippen molar-refractivity contribution >= 4 is 38.9 Å². The Balaban J connectivity index is 1.57. The summed E-state index contributed by atoms with van der Waals surface area (Å²) in [6.07, 6.45) is 0.0373. The zero-order valence-electron chi connectivity index (χ0n) is 14.8. The lowest BCUT2D eigenvalue weighted by Crippen LogP contribution is -2.48. The third kappa shape index (κ3) is 3.67. The predicted molar refractivity (Wildman–Crippen MR) is 104 cm³/mol. The van der Waals surface area contributed by atoms with Gasteiger partial charge in [0.1, 0.15) is 19.0 Å². The summed E-state index contributed by atoms with van der Waals surface area (Å²) in [6.45, 7) is 0.737. The Morgan fingerprint density at radius 3 is 2.57 bits per heavy atom. The monoisotopic (exact) mass is 424 g/mol. The minimum absolute atomic E-state index is 0.164. The van der Waals surface area contributed by atoms with Gasteiger partial charge in [-0.2, -0.15) is 0 Å². The van der Waals surface area contributed by atoms with E-state index in [1.54, 1.807) is 30.3 Å². The first-order valence-corrected chi connectivity index (χ1v) is 10.7. The zero-order valence-corrected chi connectivity index (χ0v) is 16.4. The van der Waals surface area contributed by atoms with Gasteiger partial charge in [-0.1, -0.05) is 11.6 Å². The van der Waals surface area contributed by atoms with E-state index in [2.05, 4.69) is 5.32 Å². The molecule has 10 heteroatoms. The molecule has 2 aliphatic rings. The standard InChI is InChI=1S/C18H17ClN2O6S/c1-28(23,24)21-10-17(27-14-4-2-11(19)8-13(14)21)18(22)20-12-3-5-15-16(9-12)26-7-6-25-15/h2-5,8-9,17H,6-7,10H2,1H3,(H,20,22)/t17-/m0/s1. The lowest BCUT2D eigenvalue weighted by atomic mass is 10.2. The van der Waals surface area contributed by atoms with Crippen LogP contribution in [0.4, 0.5) is 11.4 Å². The van der Waals surface area contributed by atoms with Crippen molar-refractivity contribution in [3.05, 3.63) is 41.4 Å². The zero-order chi connectivity index (χ0) is 19.9. The Hall–Kier alpha value is -2.65. The van der Waals surface area contributed by atoms with Crippen LogP contribution in [-0.4, -0.2) is 46.4 Å². The Morgan fingerprint density at radius 1 is 1.11 bits per heavy atom. The molecule has 0 bridgehead atoms. The maximum atomic E-state index is 12.7. The highest BCUT2D eigenvalue weighted by atomic mass is 35.5. The number of hydrogen-bond acceptors (Lipinski definition) is 6. The summed E-state index contributed by atoms with van der Waals surface area (Å²) in [5, 5.41) is 3.10. The molecule has 0 saturated carbocycles. The highest BCUT2D eigenvalue weighted by molar-refractivity contribution is 7.92. The van der Waals surface area contributed by atoms with Gasteiger partial charge in [-0.3, -0.25) is 9.10 Å². The number of carbonyl (C=O) groups excluding carboxylic acids is 1. The third-order valence-corrected chi connectivity index (χ3v) is 5.67. The van der Waals surface area contributed by atoms with Gasteiger partial charge < -0.3 is 19.5 Å². The first kappa shape index (κ1) is 18.7. The summed E-state index contributed by atoms with van der Waals surface area (Å²) in [7, 11) is -3.63. The van der Waals surface area contributed by atoms with Crippen LogP contribution in [0.2, 0.25) is 5.02 Å². The number of hydrogen-bond donors (Lipinski definition) is 1. The molecule has 1 N–H and O–H groups in total. The largest absolute Gasteiger partial charge is 0.486 e. The molecule has 28 heavy (non-hydrogen) atoms. The highest BCUT2D eigenvalue weighted by Crippen LogP contribution is 2.37. The van der Waals surface area contributed by atoms with Crippen LogP contribution in [0, 0.1) is 0 Å². The summed E-state index contributed by atoms with van der Waals surface area (Å²) in [4.78, 5) is 12.7. The van der Waals surface area contributed by atoms with Crippen molar-refractivity contribution < 1.29 is 27.4 Å². The van der Waals surface area contributed by atoms with Crippen LogP contribution in [0.25, 0.3) is 0 Å². The summed E-state index contributed by atoms with van der Waals surface area (Å²) in [5.74, 6) is 0.924. The van der Waals surface area contributed by atoms with Crippen LogP contribution in [0.5, 0.6) is 17.2 Å². The molecule has 0 radical (unpaired) electrons. The van der Waals surface area contributed by atoms with Crippen molar-refractivity contribution in [2.75, 3.05) is 35.6 Å². The molecule has 1 amide bonds. The van der Waals surface area contributed by atoms with E-state index >= 15 is 0 Å².